The average Bonchev–Trinajstić information content (AvgIpc) is 2.85. The van der Waals surface area contributed by atoms with Gasteiger partial charge in [0.05, 0.1) is 6.54 Å². The number of hydrogen-bond donors (Lipinski definition) is 2. The Bertz CT molecular complexity index is 556. The third-order valence-corrected chi connectivity index (χ3v) is 2.81. The van der Waals surface area contributed by atoms with E-state index >= 15 is 0 Å². The highest BCUT2D eigenvalue weighted by Crippen LogP contribution is 2.15. The van der Waals surface area contributed by atoms with Gasteiger partial charge in [0.25, 0.3) is 0 Å². The first kappa shape index (κ1) is 12.4. The zero-order valence-electron chi connectivity index (χ0n) is 9.58. The Hall–Kier alpha value is -2.02. The summed E-state index contributed by atoms with van der Waals surface area (Å²) in [7, 11) is 0. The Morgan fingerprint density at radius 3 is 3.00 bits per heavy atom. The van der Waals surface area contributed by atoms with E-state index in [4.69, 9.17) is 9.52 Å². The number of aromatic nitrogens is 2. The Labute approximate surface area is 107 Å². The molecule has 0 aliphatic rings. The molecule has 94 valence electrons. The smallest absolute Gasteiger partial charge is 0.371 e. The van der Waals surface area contributed by atoms with Gasteiger partial charge < -0.3 is 14.8 Å². The van der Waals surface area contributed by atoms with Crippen molar-refractivity contribution in [3.8, 4) is 0 Å². The maximum atomic E-state index is 10.6. The molecule has 0 saturated heterocycles. The summed E-state index contributed by atoms with van der Waals surface area (Å²) in [4.78, 5) is 18.7. The highest BCUT2D eigenvalue weighted by Gasteiger charge is 2.08. The van der Waals surface area contributed by atoms with Gasteiger partial charge in [0, 0.05) is 6.07 Å². The zero-order valence-corrected chi connectivity index (χ0v) is 10.4. The minimum absolute atomic E-state index is 0.0701. The summed E-state index contributed by atoms with van der Waals surface area (Å²) in [6, 6.07) is 4.85. The number of carboxylic acids is 1. The number of carbonyl (C=O) groups is 1. The first-order chi connectivity index (χ1) is 8.69. The lowest BCUT2D eigenvalue weighted by molar-refractivity contribution is 0.0660. The molecule has 0 saturated carbocycles. The molecule has 2 heterocycles. The van der Waals surface area contributed by atoms with E-state index in [9.17, 15) is 4.79 Å². The summed E-state index contributed by atoms with van der Waals surface area (Å²) in [5, 5.41) is 12.6. The van der Waals surface area contributed by atoms with Crippen molar-refractivity contribution >= 4 is 23.5 Å². The third kappa shape index (κ3) is 3.01. The summed E-state index contributed by atoms with van der Waals surface area (Å²) >= 11 is 1.52. The predicted molar refractivity (Wildman–Crippen MR) is 66.8 cm³/mol. The molecular formula is C11H11N3O3S. The van der Waals surface area contributed by atoms with Gasteiger partial charge in [0.2, 0.25) is 5.76 Å². The monoisotopic (exact) mass is 265 g/mol. The van der Waals surface area contributed by atoms with Crippen molar-refractivity contribution < 1.29 is 14.3 Å². The van der Waals surface area contributed by atoms with Gasteiger partial charge in [-0.1, -0.05) is 0 Å². The number of nitrogens with one attached hydrogen (secondary N) is 1. The molecule has 2 rings (SSSR count). The van der Waals surface area contributed by atoms with Crippen LogP contribution < -0.4 is 5.32 Å². The van der Waals surface area contributed by atoms with Crippen LogP contribution in [0.4, 0.5) is 5.82 Å². The van der Waals surface area contributed by atoms with Gasteiger partial charge in [0.1, 0.15) is 22.9 Å². The van der Waals surface area contributed by atoms with Gasteiger partial charge in [-0.25, -0.2) is 14.8 Å². The van der Waals surface area contributed by atoms with Crippen molar-refractivity contribution in [3.63, 3.8) is 0 Å². The number of rotatable bonds is 5. The molecule has 2 aromatic rings. The van der Waals surface area contributed by atoms with Crippen LogP contribution in [0.1, 0.15) is 16.3 Å². The fraction of sp³-hybridized carbons (Fsp3) is 0.182. The first-order valence-electron chi connectivity index (χ1n) is 5.11. The number of hydrogen-bond acceptors (Lipinski definition) is 6. The van der Waals surface area contributed by atoms with Gasteiger partial charge in [-0.3, -0.25) is 0 Å². The molecule has 2 N–H and O–H groups in total. The second-order valence-corrected chi connectivity index (χ2v) is 4.20. The predicted octanol–water partition coefficient (Wildman–Crippen LogP) is 2.10. The molecule has 7 heteroatoms. The van der Waals surface area contributed by atoms with E-state index in [0.717, 1.165) is 5.03 Å². The molecule has 0 spiro atoms. The topological polar surface area (TPSA) is 88.2 Å². The van der Waals surface area contributed by atoms with E-state index in [-0.39, 0.29) is 5.76 Å². The molecule has 2 aromatic heterocycles. The molecule has 0 aliphatic carbocycles. The highest BCUT2D eigenvalue weighted by atomic mass is 32.2. The van der Waals surface area contributed by atoms with Gasteiger partial charge >= 0.3 is 5.97 Å². The fourth-order valence-corrected chi connectivity index (χ4v) is 1.70. The number of anilines is 1. The molecule has 0 aromatic carbocycles. The summed E-state index contributed by atoms with van der Waals surface area (Å²) in [6.45, 7) is 0.373. The van der Waals surface area contributed by atoms with Gasteiger partial charge in [-0.05, 0) is 18.4 Å². The molecule has 0 bridgehead atoms. The second-order valence-electron chi connectivity index (χ2n) is 3.37. The van der Waals surface area contributed by atoms with Crippen LogP contribution in [0.3, 0.4) is 0 Å². The van der Waals surface area contributed by atoms with Gasteiger partial charge in [0.15, 0.2) is 0 Å². The lowest BCUT2D eigenvalue weighted by atomic mass is 10.4. The van der Waals surface area contributed by atoms with Crippen LogP contribution in [0.2, 0.25) is 0 Å². The van der Waals surface area contributed by atoms with Crippen LogP contribution >= 0.6 is 11.8 Å². The number of thioether (sulfide) groups is 1. The SMILES string of the molecule is CSc1cc(NCc2ccc(C(=O)O)o2)ncn1. The van der Waals surface area contributed by atoms with Crippen molar-refractivity contribution in [2.75, 3.05) is 11.6 Å². The number of nitrogens with zero attached hydrogens (tertiary/aromatic N) is 2. The van der Waals surface area contributed by atoms with Crippen LogP contribution in [-0.4, -0.2) is 27.3 Å². The molecule has 0 aliphatic heterocycles. The summed E-state index contributed by atoms with van der Waals surface area (Å²) in [5.74, 6) is 0.0617. The molecule has 0 atom stereocenters. The largest absolute Gasteiger partial charge is 0.475 e. The van der Waals surface area contributed by atoms with Crippen LogP contribution in [0.5, 0.6) is 0 Å². The molecule has 0 fully saturated rings. The Balaban J connectivity index is 1.99. The number of carboxylic acid groups (broad SMARTS) is 1. The molecular weight excluding hydrogens is 254 g/mol. The van der Waals surface area contributed by atoms with E-state index in [2.05, 4.69) is 15.3 Å². The van der Waals surface area contributed by atoms with Crippen molar-refractivity contribution in [1.82, 2.24) is 9.97 Å². The molecule has 0 unspecified atom stereocenters. The van der Waals surface area contributed by atoms with Crippen molar-refractivity contribution in [1.29, 1.82) is 0 Å². The Morgan fingerprint density at radius 2 is 2.33 bits per heavy atom. The van der Waals surface area contributed by atoms with Crippen LogP contribution in [0, 0.1) is 0 Å². The molecule has 0 amide bonds. The maximum Gasteiger partial charge on any atom is 0.371 e. The van der Waals surface area contributed by atoms with Gasteiger partial charge in [-0.15, -0.1) is 11.8 Å². The minimum Gasteiger partial charge on any atom is -0.475 e. The number of aromatic carboxylic acids is 1. The van der Waals surface area contributed by atoms with Crippen LogP contribution in [0.15, 0.2) is 34.0 Å². The van der Waals surface area contributed by atoms with E-state index in [0.29, 0.717) is 18.1 Å². The second kappa shape index (κ2) is 5.54. The number of furan rings is 1. The molecule has 6 nitrogen and oxygen atoms in total. The summed E-state index contributed by atoms with van der Waals surface area (Å²) < 4.78 is 5.11. The lowest BCUT2D eigenvalue weighted by Gasteiger charge is -2.03. The van der Waals surface area contributed by atoms with E-state index in [1.54, 1.807) is 6.07 Å². The Morgan fingerprint density at radius 1 is 1.50 bits per heavy atom. The standard InChI is InChI=1S/C11H11N3O3S/c1-18-10-4-9(13-6-14-10)12-5-7-2-3-8(17-7)11(15)16/h2-4,6H,5H2,1H3,(H,15,16)(H,12,13,14). The summed E-state index contributed by atoms with van der Waals surface area (Å²) in [6.07, 6.45) is 3.40. The van der Waals surface area contributed by atoms with Crippen LogP contribution in [0.25, 0.3) is 0 Å². The van der Waals surface area contributed by atoms with Crippen molar-refractivity contribution in [2.24, 2.45) is 0 Å². The Kier molecular flexibility index (Phi) is 3.83. The van der Waals surface area contributed by atoms with E-state index in [1.807, 2.05) is 12.3 Å². The maximum absolute atomic E-state index is 10.6. The van der Waals surface area contributed by atoms with Crippen LogP contribution in [-0.2, 0) is 6.54 Å². The summed E-state index contributed by atoms with van der Waals surface area (Å²) in [5.41, 5.74) is 0. The average molecular weight is 265 g/mol. The van der Waals surface area contributed by atoms with E-state index < -0.39 is 5.97 Å². The lowest BCUT2D eigenvalue weighted by Crippen LogP contribution is -2.01. The van der Waals surface area contributed by atoms with E-state index in [1.165, 1.54) is 24.2 Å². The minimum atomic E-state index is -1.08. The zero-order chi connectivity index (χ0) is 13.0. The van der Waals surface area contributed by atoms with Gasteiger partial charge in [-0.2, -0.15) is 0 Å². The quantitative estimate of drug-likeness (QED) is 0.632. The highest BCUT2D eigenvalue weighted by molar-refractivity contribution is 7.98. The first-order valence-corrected chi connectivity index (χ1v) is 6.33. The normalized spacial score (nSPS) is 10.3. The molecule has 0 radical (unpaired) electrons. The van der Waals surface area contributed by atoms with Crippen molar-refractivity contribution in [3.05, 3.63) is 36.0 Å². The third-order valence-electron chi connectivity index (χ3n) is 2.17. The fourth-order valence-electron chi connectivity index (χ4n) is 1.31. The molecule has 18 heavy (non-hydrogen) atoms. The van der Waals surface area contributed by atoms with Crippen molar-refractivity contribution in [2.45, 2.75) is 11.6 Å².